The maximum Gasteiger partial charge on any atom is 0.344 e. The van der Waals surface area contributed by atoms with Crippen LogP contribution in [0.25, 0.3) is 22.1 Å². The minimum Gasteiger partial charge on any atom is -0.421 e. The molecule has 0 aliphatic rings. The first kappa shape index (κ1) is 12.1. The van der Waals surface area contributed by atoms with Crippen LogP contribution in [0.3, 0.4) is 0 Å². The summed E-state index contributed by atoms with van der Waals surface area (Å²) < 4.78 is 19.1. The molecule has 2 aromatic carbocycles. The molecule has 4 heteroatoms. The monoisotopic (exact) mass is 318 g/mol. The Bertz CT molecular complexity index is 809. The summed E-state index contributed by atoms with van der Waals surface area (Å²) in [4.78, 5) is 12.0. The third-order valence-electron chi connectivity index (χ3n) is 2.84. The number of hydrogen-bond donors (Lipinski definition) is 0. The highest BCUT2D eigenvalue weighted by molar-refractivity contribution is 9.10. The van der Waals surface area contributed by atoms with Crippen LogP contribution >= 0.6 is 15.9 Å². The zero-order valence-corrected chi connectivity index (χ0v) is 11.3. The van der Waals surface area contributed by atoms with E-state index in [1.165, 1.54) is 12.1 Å². The maximum absolute atomic E-state index is 13.4. The number of rotatable bonds is 1. The summed E-state index contributed by atoms with van der Waals surface area (Å²) in [7, 11) is 0. The Balaban J connectivity index is 2.34. The van der Waals surface area contributed by atoms with Crippen molar-refractivity contribution in [2.45, 2.75) is 0 Å². The summed E-state index contributed by atoms with van der Waals surface area (Å²) in [5.74, 6) is -0.382. The van der Waals surface area contributed by atoms with Gasteiger partial charge >= 0.3 is 5.63 Å². The van der Waals surface area contributed by atoms with E-state index in [1.807, 2.05) is 30.3 Å². The fourth-order valence-electron chi connectivity index (χ4n) is 1.98. The molecule has 0 spiro atoms. The van der Waals surface area contributed by atoms with Crippen molar-refractivity contribution in [2.24, 2.45) is 0 Å². The molecule has 3 aromatic rings. The van der Waals surface area contributed by atoms with Crippen molar-refractivity contribution in [2.75, 3.05) is 0 Å². The lowest BCUT2D eigenvalue weighted by molar-refractivity contribution is 0.559. The zero-order valence-electron chi connectivity index (χ0n) is 9.69. The first-order chi connectivity index (χ1) is 9.15. The second-order valence-corrected chi connectivity index (χ2v) is 4.97. The van der Waals surface area contributed by atoms with Crippen LogP contribution < -0.4 is 5.63 Å². The number of benzene rings is 2. The molecular formula is C15H8BrFO2. The summed E-state index contributed by atoms with van der Waals surface area (Å²) >= 11 is 3.19. The minimum absolute atomic E-state index is 0.353. The van der Waals surface area contributed by atoms with Crippen LogP contribution in [0.2, 0.25) is 0 Å². The first-order valence-electron chi connectivity index (χ1n) is 5.63. The van der Waals surface area contributed by atoms with Gasteiger partial charge in [-0.3, -0.25) is 0 Å². The molecule has 0 unspecified atom stereocenters. The van der Waals surface area contributed by atoms with Crippen LogP contribution in [0.5, 0.6) is 0 Å². The van der Waals surface area contributed by atoms with Gasteiger partial charge in [0.1, 0.15) is 5.82 Å². The van der Waals surface area contributed by atoms with Crippen LogP contribution in [-0.4, -0.2) is 0 Å². The molecule has 3 rings (SSSR count). The SMILES string of the molecule is O=c1oc2c(Br)cc(F)cc2cc1-c1ccccc1. The standard InChI is InChI=1S/C15H8BrFO2/c16-13-8-11(17)6-10-7-12(15(18)19-14(10)13)9-4-2-1-3-5-9/h1-8H. The van der Waals surface area contributed by atoms with E-state index in [1.54, 1.807) is 6.07 Å². The van der Waals surface area contributed by atoms with Gasteiger partial charge in [0.2, 0.25) is 0 Å². The van der Waals surface area contributed by atoms with Gasteiger partial charge in [-0.05, 0) is 39.7 Å². The largest absolute Gasteiger partial charge is 0.421 e. The lowest BCUT2D eigenvalue weighted by Gasteiger charge is -2.04. The average molecular weight is 319 g/mol. The van der Waals surface area contributed by atoms with E-state index in [4.69, 9.17) is 4.42 Å². The van der Waals surface area contributed by atoms with Crippen LogP contribution in [0.4, 0.5) is 4.39 Å². The number of halogens is 2. The van der Waals surface area contributed by atoms with Gasteiger partial charge in [-0.2, -0.15) is 0 Å². The topological polar surface area (TPSA) is 30.2 Å². The predicted octanol–water partition coefficient (Wildman–Crippen LogP) is 4.36. The molecule has 0 radical (unpaired) electrons. The molecule has 1 aromatic heterocycles. The van der Waals surface area contributed by atoms with E-state index in [2.05, 4.69) is 15.9 Å². The van der Waals surface area contributed by atoms with Gasteiger partial charge in [0.05, 0.1) is 10.0 Å². The van der Waals surface area contributed by atoms with Crippen molar-refractivity contribution in [3.63, 3.8) is 0 Å². The van der Waals surface area contributed by atoms with Gasteiger partial charge in [-0.25, -0.2) is 9.18 Å². The van der Waals surface area contributed by atoms with Crippen molar-refractivity contribution < 1.29 is 8.81 Å². The molecular weight excluding hydrogens is 311 g/mol. The molecule has 0 aliphatic carbocycles. The van der Waals surface area contributed by atoms with Crippen molar-refractivity contribution in [1.29, 1.82) is 0 Å². The lowest BCUT2D eigenvalue weighted by atomic mass is 10.1. The van der Waals surface area contributed by atoms with Crippen molar-refractivity contribution >= 4 is 26.9 Å². The van der Waals surface area contributed by atoms with Crippen molar-refractivity contribution in [1.82, 2.24) is 0 Å². The average Bonchev–Trinajstić information content (AvgIpc) is 2.40. The quantitative estimate of drug-likeness (QED) is 0.624. The van der Waals surface area contributed by atoms with E-state index in [0.717, 1.165) is 5.56 Å². The fourth-order valence-corrected chi connectivity index (χ4v) is 2.50. The minimum atomic E-state index is -0.439. The fraction of sp³-hybridized carbons (Fsp3) is 0. The molecule has 0 bridgehead atoms. The van der Waals surface area contributed by atoms with E-state index < -0.39 is 5.63 Å². The van der Waals surface area contributed by atoms with Gasteiger partial charge < -0.3 is 4.42 Å². The number of hydrogen-bond acceptors (Lipinski definition) is 2. The molecule has 1 heterocycles. The van der Waals surface area contributed by atoms with E-state index >= 15 is 0 Å². The molecule has 0 atom stereocenters. The van der Waals surface area contributed by atoms with Gasteiger partial charge in [0.15, 0.2) is 5.58 Å². The van der Waals surface area contributed by atoms with Crippen LogP contribution in [0, 0.1) is 5.82 Å². The second-order valence-electron chi connectivity index (χ2n) is 4.12. The van der Waals surface area contributed by atoms with E-state index in [9.17, 15) is 9.18 Å². The zero-order chi connectivity index (χ0) is 13.4. The molecule has 0 saturated heterocycles. The maximum atomic E-state index is 13.4. The number of fused-ring (bicyclic) bond motifs is 1. The molecule has 0 saturated carbocycles. The van der Waals surface area contributed by atoms with Crippen LogP contribution in [-0.2, 0) is 0 Å². The second kappa shape index (κ2) is 4.63. The van der Waals surface area contributed by atoms with Gasteiger partial charge in [-0.1, -0.05) is 30.3 Å². The predicted molar refractivity (Wildman–Crippen MR) is 75.6 cm³/mol. The van der Waals surface area contributed by atoms with Crippen molar-refractivity contribution in [3.8, 4) is 11.1 Å². The molecule has 19 heavy (non-hydrogen) atoms. The van der Waals surface area contributed by atoms with Gasteiger partial charge in [0, 0.05) is 5.39 Å². The highest BCUT2D eigenvalue weighted by Gasteiger charge is 2.10. The van der Waals surface area contributed by atoms with E-state index in [0.29, 0.717) is 21.0 Å². The third-order valence-corrected chi connectivity index (χ3v) is 3.43. The smallest absolute Gasteiger partial charge is 0.344 e. The van der Waals surface area contributed by atoms with Crippen LogP contribution in [0.15, 0.2) is 62.2 Å². The Kier molecular flexibility index (Phi) is 2.95. The Morgan fingerprint density at radius 3 is 2.53 bits per heavy atom. The van der Waals surface area contributed by atoms with Crippen LogP contribution in [0.1, 0.15) is 0 Å². The molecule has 0 N–H and O–H groups in total. The summed E-state index contributed by atoms with van der Waals surface area (Å²) in [6.45, 7) is 0. The summed E-state index contributed by atoms with van der Waals surface area (Å²) in [6, 6.07) is 13.4. The molecule has 2 nitrogen and oxygen atoms in total. The summed E-state index contributed by atoms with van der Waals surface area (Å²) in [5.41, 5.74) is 1.08. The van der Waals surface area contributed by atoms with Gasteiger partial charge in [0.25, 0.3) is 0 Å². The highest BCUT2D eigenvalue weighted by atomic mass is 79.9. The molecule has 0 amide bonds. The molecule has 0 aliphatic heterocycles. The Morgan fingerprint density at radius 2 is 1.79 bits per heavy atom. The van der Waals surface area contributed by atoms with Crippen molar-refractivity contribution in [3.05, 3.63) is 69.2 Å². The summed E-state index contributed by atoms with van der Waals surface area (Å²) in [6.07, 6.45) is 0. The Hall–Kier alpha value is -1.94. The summed E-state index contributed by atoms with van der Waals surface area (Å²) in [5, 5.41) is 0.547. The first-order valence-corrected chi connectivity index (χ1v) is 6.43. The third kappa shape index (κ3) is 2.19. The Labute approximate surface area is 116 Å². The van der Waals surface area contributed by atoms with Gasteiger partial charge in [-0.15, -0.1) is 0 Å². The molecule has 94 valence electrons. The lowest BCUT2D eigenvalue weighted by Crippen LogP contribution is -2.02. The van der Waals surface area contributed by atoms with E-state index in [-0.39, 0.29) is 5.82 Å². The normalized spacial score (nSPS) is 10.8. The molecule has 0 fully saturated rings. The highest BCUT2D eigenvalue weighted by Crippen LogP contribution is 2.27. The Morgan fingerprint density at radius 1 is 1.05 bits per heavy atom.